The second kappa shape index (κ2) is 5.62. The van der Waals surface area contributed by atoms with Gasteiger partial charge in [-0.15, -0.1) is 0 Å². The number of aryl methyl sites for hydroxylation is 1. The molecular weight excluding hydrogens is 282 g/mol. The quantitative estimate of drug-likeness (QED) is 0.738. The lowest BCUT2D eigenvalue weighted by molar-refractivity contribution is 0.806. The van der Waals surface area contributed by atoms with E-state index in [1.165, 1.54) is 5.56 Å². The molecule has 0 radical (unpaired) electrons. The predicted molar refractivity (Wildman–Crippen MR) is 87.4 cm³/mol. The Bertz CT molecular complexity index is 743. The minimum atomic E-state index is 0.749. The molecule has 0 atom stereocenters. The lowest BCUT2D eigenvalue weighted by atomic mass is 10.2. The number of anilines is 1. The summed E-state index contributed by atoms with van der Waals surface area (Å²) in [7, 11) is 0. The number of halogens is 1. The van der Waals surface area contributed by atoms with Crippen LogP contribution in [-0.2, 0) is 6.54 Å². The van der Waals surface area contributed by atoms with E-state index in [1.54, 1.807) is 0 Å². The van der Waals surface area contributed by atoms with Crippen LogP contribution in [0.4, 0.5) is 5.69 Å². The van der Waals surface area contributed by atoms with Gasteiger partial charge in [-0.05, 0) is 48.9 Å². The van der Waals surface area contributed by atoms with Gasteiger partial charge in [0.1, 0.15) is 5.82 Å². The molecule has 1 aromatic heterocycles. The van der Waals surface area contributed by atoms with Crippen LogP contribution in [0.15, 0.2) is 54.7 Å². The second-order valence-electron chi connectivity index (χ2n) is 5.08. The van der Waals surface area contributed by atoms with Gasteiger partial charge in [0, 0.05) is 29.0 Å². The molecule has 1 heterocycles. The van der Waals surface area contributed by atoms with Gasteiger partial charge in [-0.3, -0.25) is 0 Å². The first kappa shape index (κ1) is 13.7. The highest BCUT2D eigenvalue weighted by Gasteiger charge is 2.08. The van der Waals surface area contributed by atoms with E-state index in [4.69, 9.17) is 17.3 Å². The zero-order chi connectivity index (χ0) is 14.8. The van der Waals surface area contributed by atoms with Crippen LogP contribution in [0.2, 0.25) is 5.02 Å². The largest absolute Gasteiger partial charge is 0.399 e. The molecule has 106 valence electrons. The number of nitrogen functional groups attached to an aromatic ring is 1. The molecule has 4 heteroatoms. The average Bonchev–Trinajstić information content (AvgIpc) is 2.83. The minimum Gasteiger partial charge on any atom is -0.399 e. The maximum atomic E-state index is 5.93. The van der Waals surface area contributed by atoms with Crippen LogP contribution in [0.1, 0.15) is 11.3 Å². The predicted octanol–water partition coefficient (Wildman–Crippen LogP) is 4.14. The Balaban J connectivity index is 1.95. The first-order chi connectivity index (χ1) is 10.1. The maximum Gasteiger partial charge on any atom is 0.140 e. The van der Waals surface area contributed by atoms with Gasteiger partial charge < -0.3 is 10.3 Å². The summed E-state index contributed by atoms with van der Waals surface area (Å²) in [6, 6.07) is 15.7. The zero-order valence-electron chi connectivity index (χ0n) is 11.8. The van der Waals surface area contributed by atoms with Crippen LogP contribution in [0, 0.1) is 6.92 Å². The van der Waals surface area contributed by atoms with Crippen molar-refractivity contribution in [1.82, 2.24) is 9.55 Å². The number of rotatable bonds is 3. The Labute approximate surface area is 129 Å². The van der Waals surface area contributed by atoms with Crippen LogP contribution < -0.4 is 5.73 Å². The van der Waals surface area contributed by atoms with E-state index in [-0.39, 0.29) is 0 Å². The summed E-state index contributed by atoms with van der Waals surface area (Å²) in [6.45, 7) is 2.76. The van der Waals surface area contributed by atoms with Crippen molar-refractivity contribution >= 4 is 17.3 Å². The third kappa shape index (κ3) is 3.09. The molecule has 0 aliphatic rings. The molecule has 0 bridgehead atoms. The normalized spacial score (nSPS) is 10.8. The summed E-state index contributed by atoms with van der Waals surface area (Å²) in [5, 5.41) is 0.749. The van der Waals surface area contributed by atoms with E-state index in [1.807, 2.05) is 55.5 Å². The summed E-state index contributed by atoms with van der Waals surface area (Å²) >= 11 is 5.93. The lowest BCUT2D eigenvalue weighted by Crippen LogP contribution is -2.01. The van der Waals surface area contributed by atoms with Crippen LogP contribution >= 0.6 is 11.6 Å². The molecule has 0 spiro atoms. The topological polar surface area (TPSA) is 43.8 Å². The molecule has 3 rings (SSSR count). The van der Waals surface area contributed by atoms with Gasteiger partial charge in [0.25, 0.3) is 0 Å². The number of imidazole rings is 1. The Morgan fingerprint density at radius 3 is 2.38 bits per heavy atom. The van der Waals surface area contributed by atoms with Crippen LogP contribution in [-0.4, -0.2) is 9.55 Å². The second-order valence-corrected chi connectivity index (χ2v) is 5.52. The molecule has 2 aromatic carbocycles. The van der Waals surface area contributed by atoms with E-state index in [0.717, 1.165) is 34.3 Å². The van der Waals surface area contributed by atoms with E-state index in [0.29, 0.717) is 0 Å². The Morgan fingerprint density at radius 1 is 1.05 bits per heavy atom. The summed E-state index contributed by atoms with van der Waals surface area (Å²) in [4.78, 5) is 4.62. The zero-order valence-corrected chi connectivity index (χ0v) is 12.5. The highest BCUT2D eigenvalue weighted by Crippen LogP contribution is 2.21. The van der Waals surface area contributed by atoms with Crippen LogP contribution in [0.3, 0.4) is 0 Å². The summed E-state index contributed by atoms with van der Waals surface area (Å²) in [5.74, 6) is 0.947. The number of nitrogens with two attached hydrogens (primary N) is 1. The van der Waals surface area contributed by atoms with Crippen molar-refractivity contribution < 1.29 is 0 Å². The van der Waals surface area contributed by atoms with E-state index in [9.17, 15) is 0 Å². The monoisotopic (exact) mass is 297 g/mol. The third-order valence-electron chi connectivity index (χ3n) is 3.33. The first-order valence-electron chi connectivity index (χ1n) is 6.76. The van der Waals surface area contributed by atoms with Crippen molar-refractivity contribution in [2.75, 3.05) is 5.73 Å². The molecule has 2 N–H and O–H groups in total. The van der Waals surface area contributed by atoms with Gasteiger partial charge in [-0.1, -0.05) is 23.7 Å². The fourth-order valence-corrected chi connectivity index (χ4v) is 2.44. The van der Waals surface area contributed by atoms with Gasteiger partial charge in [0.15, 0.2) is 0 Å². The molecule has 0 unspecified atom stereocenters. The van der Waals surface area contributed by atoms with Gasteiger partial charge in [-0.25, -0.2) is 4.98 Å². The number of nitrogens with zero attached hydrogens (tertiary/aromatic N) is 2. The van der Waals surface area contributed by atoms with Gasteiger partial charge >= 0.3 is 0 Å². The molecule has 3 aromatic rings. The number of aromatic nitrogens is 2. The minimum absolute atomic E-state index is 0.749. The standard InChI is InChI=1S/C17H16ClN3/c1-12-10-21(11-13-2-6-15(18)7-3-13)17(20-12)14-4-8-16(19)9-5-14/h2-10H,11,19H2,1H3. The van der Waals surface area contributed by atoms with Crippen molar-refractivity contribution in [1.29, 1.82) is 0 Å². The van der Waals surface area contributed by atoms with Crippen LogP contribution in [0.25, 0.3) is 11.4 Å². The smallest absolute Gasteiger partial charge is 0.140 e. The average molecular weight is 298 g/mol. The molecule has 0 fully saturated rings. The molecule has 21 heavy (non-hydrogen) atoms. The number of hydrogen-bond donors (Lipinski definition) is 1. The highest BCUT2D eigenvalue weighted by molar-refractivity contribution is 6.30. The van der Waals surface area contributed by atoms with E-state index < -0.39 is 0 Å². The lowest BCUT2D eigenvalue weighted by Gasteiger charge is -2.08. The van der Waals surface area contributed by atoms with Crippen molar-refractivity contribution in [2.24, 2.45) is 0 Å². The van der Waals surface area contributed by atoms with Crippen molar-refractivity contribution in [3.63, 3.8) is 0 Å². The molecule has 0 aliphatic carbocycles. The fourth-order valence-electron chi connectivity index (χ4n) is 2.32. The van der Waals surface area contributed by atoms with Crippen LogP contribution in [0.5, 0.6) is 0 Å². The van der Waals surface area contributed by atoms with Gasteiger partial charge in [0.2, 0.25) is 0 Å². The molecule has 0 amide bonds. The van der Waals surface area contributed by atoms with E-state index >= 15 is 0 Å². The Kier molecular flexibility index (Phi) is 3.67. The summed E-state index contributed by atoms with van der Waals surface area (Å²) in [5.41, 5.74) is 9.75. The van der Waals surface area contributed by atoms with Crippen molar-refractivity contribution in [3.8, 4) is 11.4 Å². The highest BCUT2D eigenvalue weighted by atomic mass is 35.5. The molecule has 3 nitrogen and oxygen atoms in total. The molecule has 0 saturated carbocycles. The van der Waals surface area contributed by atoms with Gasteiger partial charge in [0.05, 0.1) is 5.69 Å². The molecule has 0 aliphatic heterocycles. The first-order valence-corrected chi connectivity index (χ1v) is 7.14. The van der Waals surface area contributed by atoms with E-state index in [2.05, 4.69) is 15.7 Å². The third-order valence-corrected chi connectivity index (χ3v) is 3.58. The summed E-state index contributed by atoms with van der Waals surface area (Å²) < 4.78 is 2.14. The SMILES string of the molecule is Cc1cn(Cc2ccc(Cl)cc2)c(-c2ccc(N)cc2)n1. The number of hydrogen-bond acceptors (Lipinski definition) is 2. The van der Waals surface area contributed by atoms with Crippen molar-refractivity contribution in [3.05, 3.63) is 71.0 Å². The van der Waals surface area contributed by atoms with Crippen molar-refractivity contribution in [2.45, 2.75) is 13.5 Å². The number of benzene rings is 2. The maximum absolute atomic E-state index is 5.93. The van der Waals surface area contributed by atoms with Gasteiger partial charge in [-0.2, -0.15) is 0 Å². The Hall–Kier alpha value is -2.26. The fraction of sp³-hybridized carbons (Fsp3) is 0.118. The Morgan fingerprint density at radius 2 is 1.71 bits per heavy atom. The molecular formula is C17H16ClN3. The molecule has 0 saturated heterocycles. The summed E-state index contributed by atoms with van der Waals surface area (Å²) in [6.07, 6.45) is 2.06.